The predicted molar refractivity (Wildman–Crippen MR) is 145 cm³/mol. The first-order valence-electron chi connectivity index (χ1n) is 13.0. The van der Waals surface area contributed by atoms with Gasteiger partial charge >= 0.3 is 0 Å². The lowest BCUT2D eigenvalue weighted by molar-refractivity contribution is -0.149. The van der Waals surface area contributed by atoms with Gasteiger partial charge in [-0.3, -0.25) is 9.59 Å². The fourth-order valence-electron chi connectivity index (χ4n) is 5.31. The smallest absolute Gasteiger partial charge is 0.229 e. The lowest BCUT2D eigenvalue weighted by Crippen LogP contribution is -2.58. The van der Waals surface area contributed by atoms with Crippen LogP contribution in [-0.2, 0) is 9.59 Å². The fraction of sp³-hybridized carbons (Fsp3) is 0.367. The molecule has 5 rings (SSSR count). The maximum Gasteiger partial charge on any atom is 0.229 e. The van der Waals surface area contributed by atoms with E-state index in [0.717, 1.165) is 52.9 Å². The van der Waals surface area contributed by atoms with Crippen LogP contribution < -0.4 is 21.5 Å². The summed E-state index contributed by atoms with van der Waals surface area (Å²) < 4.78 is 0. The zero-order valence-electron chi connectivity index (χ0n) is 21.0. The van der Waals surface area contributed by atoms with E-state index in [1.807, 2.05) is 34.1 Å². The van der Waals surface area contributed by atoms with Crippen molar-refractivity contribution in [3.8, 4) is 17.2 Å². The molecule has 0 radical (unpaired) electrons. The molecule has 7 nitrogen and oxygen atoms in total. The van der Waals surface area contributed by atoms with E-state index < -0.39 is 0 Å². The van der Waals surface area contributed by atoms with Gasteiger partial charge in [-0.2, -0.15) is 5.26 Å². The van der Waals surface area contributed by atoms with E-state index in [4.69, 9.17) is 5.73 Å². The minimum Gasteiger partial charge on any atom is -0.404 e. The van der Waals surface area contributed by atoms with Crippen LogP contribution in [0.2, 0.25) is 0 Å². The molecule has 2 amide bonds. The second-order valence-corrected chi connectivity index (χ2v) is 10.2. The monoisotopic (exact) mass is 495 g/mol. The second kappa shape index (κ2) is 10.5. The van der Waals surface area contributed by atoms with Gasteiger partial charge in [0.05, 0.1) is 17.6 Å². The molecule has 0 bridgehead atoms. The third-order valence-corrected chi connectivity index (χ3v) is 7.64. The zero-order valence-corrected chi connectivity index (χ0v) is 21.0. The molecule has 3 aliphatic rings. The summed E-state index contributed by atoms with van der Waals surface area (Å²) in [6, 6.07) is 14.1. The van der Waals surface area contributed by atoms with Crippen molar-refractivity contribution in [1.29, 1.82) is 5.26 Å². The van der Waals surface area contributed by atoms with Gasteiger partial charge in [0.1, 0.15) is 0 Å². The molecule has 1 aliphatic carbocycles. The van der Waals surface area contributed by atoms with Crippen LogP contribution in [0.15, 0.2) is 49.1 Å². The summed E-state index contributed by atoms with van der Waals surface area (Å²) in [4.78, 5) is 29.0. The van der Waals surface area contributed by atoms with Crippen molar-refractivity contribution in [2.45, 2.75) is 31.7 Å². The Kier molecular flexibility index (Phi) is 7.00. The largest absolute Gasteiger partial charge is 0.404 e. The lowest BCUT2D eigenvalue weighted by atomic mass is 9.95. The van der Waals surface area contributed by atoms with Gasteiger partial charge in [-0.15, -0.1) is 0 Å². The third-order valence-electron chi connectivity index (χ3n) is 7.64. The number of hydrogen-bond donors (Lipinski definition) is 2. The molecule has 0 unspecified atom stereocenters. The van der Waals surface area contributed by atoms with Gasteiger partial charge in [0, 0.05) is 55.2 Å². The summed E-state index contributed by atoms with van der Waals surface area (Å²) in [5.41, 5.74) is 9.53. The molecule has 2 heterocycles. The zero-order chi connectivity index (χ0) is 25.9. The average molecular weight is 496 g/mol. The Labute approximate surface area is 217 Å². The van der Waals surface area contributed by atoms with E-state index in [0.29, 0.717) is 31.7 Å². The number of nitrogens with one attached hydrogen (secondary N) is 1. The number of nitrogens with two attached hydrogens (primary N) is 1. The molecule has 2 aliphatic heterocycles. The number of likely N-dealkylation sites (tertiary alicyclic amines) is 2. The molecular weight excluding hydrogens is 462 g/mol. The number of nitrogens with zero attached hydrogens (tertiary/aromatic N) is 3. The van der Waals surface area contributed by atoms with Gasteiger partial charge < -0.3 is 20.9 Å². The maximum atomic E-state index is 13.0. The van der Waals surface area contributed by atoms with Crippen molar-refractivity contribution in [2.75, 3.05) is 31.5 Å². The van der Waals surface area contributed by atoms with Crippen LogP contribution in [0.5, 0.6) is 0 Å². The number of hydrogen-bond acceptors (Lipinski definition) is 5. The first-order valence-corrected chi connectivity index (χ1v) is 13.0. The molecule has 0 aromatic heterocycles. The number of benzene rings is 2. The van der Waals surface area contributed by atoms with Crippen LogP contribution in [0.3, 0.4) is 0 Å². The van der Waals surface area contributed by atoms with E-state index in [9.17, 15) is 14.9 Å². The lowest BCUT2D eigenvalue weighted by Gasteiger charge is -2.42. The number of amides is 2. The number of nitriles is 1. The number of allylic oxidation sites excluding steroid dienone is 1. The van der Waals surface area contributed by atoms with Crippen molar-refractivity contribution in [1.82, 2.24) is 9.80 Å². The van der Waals surface area contributed by atoms with Crippen LogP contribution in [0.4, 0.5) is 5.69 Å². The number of rotatable bonds is 6. The summed E-state index contributed by atoms with van der Waals surface area (Å²) in [5.74, 6) is 0.570. The Morgan fingerprint density at radius 3 is 2.38 bits per heavy atom. The molecule has 3 fully saturated rings. The Bertz CT molecular complexity index is 1370. The predicted octanol–water partition coefficient (Wildman–Crippen LogP) is 2.16. The fourth-order valence-corrected chi connectivity index (χ4v) is 5.31. The summed E-state index contributed by atoms with van der Waals surface area (Å²) in [5, 5.41) is 14.8. The van der Waals surface area contributed by atoms with E-state index in [-0.39, 0.29) is 29.7 Å². The standard InChI is InChI=1S/C30H33N5O2/c1-2-4-23-14-24(22-6-3-5-20(13-22)16-31)15-28(27(23)17-32)33-26-9-11-34(12-10-26)30(37)25-18-35(19-25)29(36)21-7-8-21/h2-6,13-15,17,21,25-26,33H,1,7-12,18-19,32H2/b23-4-,27-17+. The number of piperidine rings is 1. The minimum atomic E-state index is -0.0523. The molecule has 7 heteroatoms. The first-order chi connectivity index (χ1) is 18.0. The molecule has 0 atom stereocenters. The molecule has 2 aromatic rings. The van der Waals surface area contributed by atoms with Crippen molar-refractivity contribution in [3.05, 3.63) is 65.1 Å². The van der Waals surface area contributed by atoms with Crippen molar-refractivity contribution in [3.63, 3.8) is 0 Å². The normalized spacial score (nSPS) is 19.3. The highest BCUT2D eigenvalue weighted by molar-refractivity contribution is 5.86. The quantitative estimate of drug-likeness (QED) is 0.640. The molecule has 3 N–H and O–H groups in total. The van der Waals surface area contributed by atoms with Crippen molar-refractivity contribution in [2.24, 2.45) is 17.6 Å². The Morgan fingerprint density at radius 2 is 1.73 bits per heavy atom. The second-order valence-electron chi connectivity index (χ2n) is 10.2. The molecule has 190 valence electrons. The molecule has 1 saturated carbocycles. The van der Waals surface area contributed by atoms with E-state index in [1.54, 1.807) is 18.3 Å². The van der Waals surface area contributed by atoms with Gasteiger partial charge in [-0.1, -0.05) is 30.9 Å². The molecular formula is C30H33N5O2. The van der Waals surface area contributed by atoms with Crippen molar-refractivity contribution >= 4 is 29.8 Å². The van der Waals surface area contributed by atoms with Crippen LogP contribution in [-0.4, -0.2) is 53.8 Å². The van der Waals surface area contributed by atoms with Gasteiger partial charge in [-0.25, -0.2) is 0 Å². The van der Waals surface area contributed by atoms with Crippen LogP contribution in [0.25, 0.3) is 23.4 Å². The van der Waals surface area contributed by atoms with E-state index in [2.05, 4.69) is 30.1 Å². The average Bonchev–Trinajstić information content (AvgIpc) is 3.74. The molecule has 2 aromatic carbocycles. The third kappa shape index (κ3) is 5.24. The van der Waals surface area contributed by atoms with Crippen LogP contribution in [0.1, 0.15) is 31.2 Å². The Balaban J connectivity index is 1.27. The SMILES string of the molecule is C=C/C=c1/cc(-c2cccc(C#N)c2)cc(NC2CCN(C(=O)C3CN(C(=O)C4CC4)C3)CC2)/c1=C/N. The first kappa shape index (κ1) is 24.6. The van der Waals surface area contributed by atoms with Gasteiger partial charge in [0.25, 0.3) is 0 Å². The number of anilines is 1. The van der Waals surface area contributed by atoms with Crippen LogP contribution in [0, 0.1) is 23.2 Å². The van der Waals surface area contributed by atoms with Gasteiger partial charge in [0.15, 0.2) is 0 Å². The summed E-state index contributed by atoms with van der Waals surface area (Å²) in [7, 11) is 0. The summed E-state index contributed by atoms with van der Waals surface area (Å²) >= 11 is 0. The number of carbonyl (C=O) groups excluding carboxylic acids is 2. The van der Waals surface area contributed by atoms with Gasteiger partial charge in [0.2, 0.25) is 11.8 Å². The van der Waals surface area contributed by atoms with E-state index in [1.165, 1.54) is 0 Å². The molecule has 0 spiro atoms. The van der Waals surface area contributed by atoms with E-state index >= 15 is 0 Å². The highest BCUT2D eigenvalue weighted by atomic mass is 16.2. The minimum absolute atomic E-state index is 0.0523. The summed E-state index contributed by atoms with van der Waals surface area (Å²) in [6.07, 6.45) is 8.95. The molecule has 37 heavy (non-hydrogen) atoms. The highest BCUT2D eigenvalue weighted by Gasteiger charge is 2.43. The van der Waals surface area contributed by atoms with Crippen molar-refractivity contribution < 1.29 is 9.59 Å². The van der Waals surface area contributed by atoms with Crippen LogP contribution >= 0.6 is 0 Å². The Morgan fingerprint density at radius 1 is 1.00 bits per heavy atom. The highest BCUT2D eigenvalue weighted by Crippen LogP contribution is 2.34. The molecule has 2 saturated heterocycles. The Hall–Kier alpha value is -4.05. The maximum absolute atomic E-state index is 13.0. The topological polar surface area (TPSA) is 102 Å². The number of carbonyl (C=O) groups is 2. The van der Waals surface area contributed by atoms with Gasteiger partial charge in [-0.05, 0) is 66.3 Å². The summed E-state index contributed by atoms with van der Waals surface area (Å²) in [6.45, 7) is 6.39.